The van der Waals surface area contributed by atoms with Gasteiger partial charge in [-0.25, -0.2) is 8.42 Å². The van der Waals surface area contributed by atoms with Gasteiger partial charge in [0.2, 0.25) is 0 Å². The second-order valence-electron chi connectivity index (χ2n) is 5.42. The Morgan fingerprint density at radius 1 is 1.18 bits per heavy atom. The topological polar surface area (TPSA) is 76.4 Å². The molecule has 0 aliphatic heterocycles. The summed E-state index contributed by atoms with van der Waals surface area (Å²) in [5, 5.41) is 2.69. The molecule has 1 aromatic carbocycles. The molecule has 1 heterocycles. The Kier molecular flexibility index (Phi) is 4.71. The Morgan fingerprint density at radius 3 is 2.50 bits per heavy atom. The summed E-state index contributed by atoms with van der Waals surface area (Å²) in [4.78, 5) is 12.1. The number of hydrogen-bond donors (Lipinski definition) is 1. The molecule has 2 aromatic rings. The molecule has 2 rings (SSSR count). The van der Waals surface area contributed by atoms with Crippen molar-refractivity contribution in [3.05, 3.63) is 53.5 Å². The predicted octanol–water partition coefficient (Wildman–Crippen LogP) is 2.70. The van der Waals surface area contributed by atoms with Gasteiger partial charge in [-0.05, 0) is 44.5 Å². The molecule has 0 spiro atoms. The van der Waals surface area contributed by atoms with E-state index >= 15 is 0 Å². The van der Waals surface area contributed by atoms with Gasteiger partial charge in [0.05, 0.1) is 4.90 Å². The Morgan fingerprint density at radius 2 is 1.86 bits per heavy atom. The Bertz CT molecular complexity index is 775. The molecule has 0 unspecified atom stereocenters. The number of aryl methyl sites for hydroxylation is 1. The number of nitrogens with one attached hydrogen (secondary N) is 1. The van der Waals surface area contributed by atoms with Crippen LogP contribution in [0.5, 0.6) is 0 Å². The van der Waals surface area contributed by atoms with E-state index in [1.807, 2.05) is 13.8 Å². The second-order valence-corrected chi connectivity index (χ2v) is 7.38. The molecule has 118 valence electrons. The maximum atomic E-state index is 12.4. The highest BCUT2D eigenvalue weighted by atomic mass is 32.2. The predicted molar refractivity (Wildman–Crippen MR) is 83.4 cm³/mol. The molecule has 0 saturated carbocycles. The van der Waals surface area contributed by atoms with Crippen LogP contribution in [0.15, 0.2) is 45.7 Å². The quantitative estimate of drug-likeness (QED) is 0.918. The van der Waals surface area contributed by atoms with Gasteiger partial charge in [-0.15, -0.1) is 0 Å². The molecule has 0 atom stereocenters. The minimum absolute atomic E-state index is 0.0169. The van der Waals surface area contributed by atoms with Gasteiger partial charge in [-0.2, -0.15) is 0 Å². The fourth-order valence-electron chi connectivity index (χ4n) is 2.08. The lowest BCUT2D eigenvalue weighted by Crippen LogP contribution is -2.29. The van der Waals surface area contributed by atoms with Crippen molar-refractivity contribution in [2.24, 2.45) is 0 Å². The monoisotopic (exact) mass is 321 g/mol. The number of carbonyl (C=O) groups is 1. The number of benzene rings is 1. The van der Waals surface area contributed by atoms with Gasteiger partial charge in [0.25, 0.3) is 5.91 Å². The van der Waals surface area contributed by atoms with Gasteiger partial charge in [-0.1, -0.05) is 18.2 Å². The van der Waals surface area contributed by atoms with E-state index in [2.05, 4.69) is 5.32 Å². The van der Waals surface area contributed by atoms with Crippen molar-refractivity contribution < 1.29 is 17.6 Å². The van der Waals surface area contributed by atoms with Crippen LogP contribution < -0.4 is 5.32 Å². The highest BCUT2D eigenvalue weighted by molar-refractivity contribution is 7.90. The number of hydrogen-bond acceptors (Lipinski definition) is 4. The van der Waals surface area contributed by atoms with Gasteiger partial charge in [0.15, 0.2) is 15.6 Å². The molecular weight excluding hydrogens is 302 g/mol. The van der Waals surface area contributed by atoms with Gasteiger partial charge >= 0.3 is 0 Å². The third kappa shape index (κ3) is 3.76. The molecule has 1 N–H and O–H groups in total. The molecule has 1 aromatic heterocycles. The highest BCUT2D eigenvalue weighted by Crippen LogP contribution is 2.21. The number of amides is 1. The summed E-state index contributed by atoms with van der Waals surface area (Å²) in [6.07, 6.45) is 0. The normalized spacial score (nSPS) is 11.6. The number of sulfone groups is 1. The van der Waals surface area contributed by atoms with Crippen molar-refractivity contribution in [1.29, 1.82) is 0 Å². The molecule has 0 fully saturated rings. The van der Waals surface area contributed by atoms with E-state index < -0.39 is 9.84 Å². The maximum Gasteiger partial charge on any atom is 0.287 e. The van der Waals surface area contributed by atoms with Gasteiger partial charge in [0, 0.05) is 6.04 Å². The van der Waals surface area contributed by atoms with Gasteiger partial charge in [-0.3, -0.25) is 4.79 Å². The molecule has 0 radical (unpaired) electrons. The van der Waals surface area contributed by atoms with Crippen LogP contribution >= 0.6 is 0 Å². The summed E-state index contributed by atoms with van der Waals surface area (Å²) in [6.45, 7) is 5.42. The third-order valence-electron chi connectivity index (χ3n) is 3.07. The zero-order valence-electron chi connectivity index (χ0n) is 12.8. The van der Waals surface area contributed by atoms with Crippen molar-refractivity contribution in [3.8, 4) is 0 Å². The molecule has 0 aliphatic rings. The number of rotatable bonds is 5. The van der Waals surface area contributed by atoms with Crippen molar-refractivity contribution >= 4 is 15.7 Å². The maximum absolute atomic E-state index is 12.4. The lowest BCUT2D eigenvalue weighted by molar-refractivity contribution is 0.0913. The molecule has 0 bridgehead atoms. The Balaban J connectivity index is 2.20. The summed E-state index contributed by atoms with van der Waals surface area (Å²) < 4.78 is 30.2. The van der Waals surface area contributed by atoms with Gasteiger partial charge < -0.3 is 9.73 Å². The van der Waals surface area contributed by atoms with Crippen LogP contribution in [0.1, 0.15) is 35.7 Å². The van der Waals surface area contributed by atoms with Crippen LogP contribution in [0.3, 0.4) is 0 Å². The van der Waals surface area contributed by atoms with Crippen LogP contribution in [0, 0.1) is 6.92 Å². The van der Waals surface area contributed by atoms with Crippen LogP contribution in [0.4, 0.5) is 0 Å². The van der Waals surface area contributed by atoms with Crippen molar-refractivity contribution in [1.82, 2.24) is 5.32 Å². The van der Waals surface area contributed by atoms with E-state index in [4.69, 9.17) is 4.42 Å². The van der Waals surface area contributed by atoms with Crippen molar-refractivity contribution in [2.75, 3.05) is 0 Å². The first kappa shape index (κ1) is 16.3. The van der Waals surface area contributed by atoms with Gasteiger partial charge in [0.1, 0.15) is 11.5 Å². The standard InChI is InChI=1S/C16H19NO4S/c1-11(2)17-16(18)14-9-8-13(21-14)10-22(19,20)15-7-5-4-6-12(15)3/h4-9,11H,10H2,1-3H3,(H,17,18). The summed E-state index contributed by atoms with van der Waals surface area (Å²) in [6, 6.07) is 9.78. The lowest BCUT2D eigenvalue weighted by Gasteiger charge is -2.06. The summed E-state index contributed by atoms with van der Waals surface area (Å²) in [5.74, 6) is -0.261. The van der Waals surface area contributed by atoms with E-state index in [9.17, 15) is 13.2 Å². The van der Waals surface area contributed by atoms with Crippen molar-refractivity contribution in [3.63, 3.8) is 0 Å². The zero-order chi connectivity index (χ0) is 16.3. The van der Waals surface area contributed by atoms with E-state index in [1.165, 1.54) is 12.1 Å². The minimum atomic E-state index is -3.50. The van der Waals surface area contributed by atoms with E-state index in [0.29, 0.717) is 5.56 Å². The third-order valence-corrected chi connectivity index (χ3v) is 4.86. The largest absolute Gasteiger partial charge is 0.455 e. The Hall–Kier alpha value is -2.08. The van der Waals surface area contributed by atoms with Crippen LogP contribution in [-0.4, -0.2) is 20.4 Å². The molecule has 1 amide bonds. The Labute approximate surface area is 130 Å². The smallest absolute Gasteiger partial charge is 0.287 e. The highest BCUT2D eigenvalue weighted by Gasteiger charge is 2.20. The van der Waals surface area contributed by atoms with E-state index in [1.54, 1.807) is 31.2 Å². The molecule has 6 heteroatoms. The molecule has 0 aliphatic carbocycles. The lowest BCUT2D eigenvalue weighted by atomic mass is 10.2. The molecule has 0 saturated heterocycles. The number of furan rings is 1. The molecular formula is C16H19NO4S. The second kappa shape index (κ2) is 6.36. The summed E-state index contributed by atoms with van der Waals surface area (Å²) in [5.41, 5.74) is 0.687. The first-order valence-corrected chi connectivity index (χ1v) is 8.63. The summed E-state index contributed by atoms with van der Waals surface area (Å²) >= 11 is 0. The fourth-order valence-corrected chi connectivity index (χ4v) is 3.61. The fraction of sp³-hybridized carbons (Fsp3) is 0.312. The number of carbonyl (C=O) groups excluding carboxylic acids is 1. The molecule has 22 heavy (non-hydrogen) atoms. The average molecular weight is 321 g/mol. The van der Waals surface area contributed by atoms with Crippen LogP contribution in [0.2, 0.25) is 0 Å². The first-order valence-electron chi connectivity index (χ1n) is 6.97. The van der Waals surface area contributed by atoms with E-state index in [0.717, 1.165) is 0 Å². The van der Waals surface area contributed by atoms with Crippen LogP contribution in [0.25, 0.3) is 0 Å². The van der Waals surface area contributed by atoms with Crippen molar-refractivity contribution in [2.45, 2.75) is 37.5 Å². The zero-order valence-corrected chi connectivity index (χ0v) is 13.6. The first-order chi connectivity index (χ1) is 10.3. The summed E-state index contributed by atoms with van der Waals surface area (Å²) in [7, 11) is -3.50. The van der Waals surface area contributed by atoms with E-state index in [-0.39, 0.29) is 34.1 Å². The molecule has 5 nitrogen and oxygen atoms in total. The van der Waals surface area contributed by atoms with Crippen LogP contribution in [-0.2, 0) is 15.6 Å². The minimum Gasteiger partial charge on any atom is -0.455 e. The SMILES string of the molecule is Cc1ccccc1S(=O)(=O)Cc1ccc(C(=O)NC(C)C)o1. The average Bonchev–Trinajstić information content (AvgIpc) is 2.86.